The molecule has 8 heteroatoms. The van der Waals surface area contributed by atoms with E-state index in [0.29, 0.717) is 18.9 Å². The van der Waals surface area contributed by atoms with Crippen LogP contribution in [-0.2, 0) is 14.3 Å². The molecule has 1 amide bonds. The fraction of sp³-hybridized carbons (Fsp3) is 0.812. The highest BCUT2D eigenvalue weighted by molar-refractivity contribution is 14.0. The summed E-state index contributed by atoms with van der Waals surface area (Å²) in [5.41, 5.74) is 4.78. The molecule has 0 aromatic carbocycles. The van der Waals surface area contributed by atoms with Crippen molar-refractivity contribution in [1.29, 1.82) is 0 Å². The normalized spacial score (nSPS) is 18.6. The molecule has 0 saturated carbocycles. The molecule has 24 heavy (non-hydrogen) atoms. The van der Waals surface area contributed by atoms with Crippen molar-refractivity contribution in [3.05, 3.63) is 0 Å². The summed E-state index contributed by atoms with van der Waals surface area (Å²) in [5.74, 6) is 0.310. The number of primary amides is 1. The zero-order valence-electron chi connectivity index (χ0n) is 15.1. The van der Waals surface area contributed by atoms with E-state index >= 15 is 0 Å². The van der Waals surface area contributed by atoms with E-state index in [1.807, 2.05) is 27.7 Å². The van der Waals surface area contributed by atoms with E-state index < -0.39 is 5.60 Å². The third-order valence-electron chi connectivity index (χ3n) is 3.42. The molecular weight excluding hydrogens is 423 g/mol. The maximum absolute atomic E-state index is 11.8. The van der Waals surface area contributed by atoms with E-state index in [1.165, 1.54) is 0 Å². The lowest BCUT2D eigenvalue weighted by Gasteiger charge is -2.34. The van der Waals surface area contributed by atoms with Crippen LogP contribution in [0.5, 0.6) is 0 Å². The topological polar surface area (TPSA) is 97.0 Å². The van der Waals surface area contributed by atoms with E-state index in [0.717, 1.165) is 25.9 Å². The van der Waals surface area contributed by atoms with Crippen molar-refractivity contribution in [2.24, 2.45) is 16.6 Å². The Hall–Kier alpha value is -1.06. The first kappa shape index (κ1) is 22.9. The largest absolute Gasteiger partial charge is 0.459 e. The lowest BCUT2D eigenvalue weighted by molar-refractivity contribution is -0.152. The molecule has 0 aromatic rings. The fourth-order valence-electron chi connectivity index (χ4n) is 2.65. The molecular formula is C16H31IN4O3. The number of hydrogen-bond acceptors (Lipinski definition) is 4. The molecule has 0 aliphatic carbocycles. The first-order valence-corrected chi connectivity index (χ1v) is 8.24. The third kappa shape index (κ3) is 9.29. The van der Waals surface area contributed by atoms with Gasteiger partial charge in [-0.25, -0.2) is 4.99 Å². The van der Waals surface area contributed by atoms with Gasteiger partial charge in [0, 0.05) is 26.1 Å². The molecule has 1 aliphatic rings. The molecule has 1 saturated heterocycles. The number of nitrogens with zero attached hydrogens (tertiary/aromatic N) is 2. The lowest BCUT2D eigenvalue weighted by Crippen LogP contribution is -2.47. The predicted octanol–water partition coefficient (Wildman–Crippen LogP) is 1.50. The number of hydrogen-bond donors (Lipinski definition) is 2. The maximum atomic E-state index is 11.8. The van der Waals surface area contributed by atoms with Gasteiger partial charge in [-0.05, 0) is 46.5 Å². The van der Waals surface area contributed by atoms with Gasteiger partial charge in [0.2, 0.25) is 5.91 Å². The summed E-state index contributed by atoms with van der Waals surface area (Å²) in [7, 11) is 0. The molecule has 1 rings (SSSR count). The monoisotopic (exact) mass is 454 g/mol. The minimum Gasteiger partial charge on any atom is -0.459 e. The minimum atomic E-state index is -0.511. The van der Waals surface area contributed by atoms with Crippen molar-refractivity contribution in [2.75, 3.05) is 26.2 Å². The average molecular weight is 454 g/mol. The summed E-state index contributed by atoms with van der Waals surface area (Å²) >= 11 is 0. The molecule has 3 N–H and O–H groups in total. The Morgan fingerprint density at radius 2 is 2.04 bits per heavy atom. The van der Waals surface area contributed by atoms with Crippen molar-refractivity contribution in [2.45, 2.75) is 52.6 Å². The number of piperidine rings is 1. The number of ether oxygens (including phenoxy) is 1. The number of aliphatic imine (C=N–C) groups is 1. The number of nitrogens with two attached hydrogens (primary N) is 1. The quantitative estimate of drug-likeness (QED) is 0.284. The zero-order chi connectivity index (χ0) is 17.5. The highest BCUT2D eigenvalue weighted by atomic mass is 127. The van der Waals surface area contributed by atoms with Crippen molar-refractivity contribution in [3.63, 3.8) is 0 Å². The van der Waals surface area contributed by atoms with Crippen molar-refractivity contribution < 1.29 is 14.3 Å². The van der Waals surface area contributed by atoms with Gasteiger partial charge < -0.3 is 20.7 Å². The second-order valence-electron chi connectivity index (χ2n) is 6.88. The molecule has 0 bridgehead atoms. The number of carbonyl (C=O) groups excluding carboxylic acids is 2. The molecule has 7 nitrogen and oxygen atoms in total. The van der Waals surface area contributed by atoms with Crippen LogP contribution in [0.25, 0.3) is 0 Å². The van der Waals surface area contributed by atoms with Crippen LogP contribution in [-0.4, -0.2) is 54.5 Å². The second-order valence-corrected chi connectivity index (χ2v) is 6.88. The molecule has 1 heterocycles. The van der Waals surface area contributed by atoms with E-state index in [1.54, 1.807) is 0 Å². The maximum Gasteiger partial charge on any atom is 0.328 e. The number of carbonyl (C=O) groups is 2. The first-order valence-electron chi connectivity index (χ1n) is 8.24. The Balaban J connectivity index is 0.00000529. The van der Waals surface area contributed by atoms with Crippen LogP contribution in [0.4, 0.5) is 0 Å². The van der Waals surface area contributed by atoms with Crippen LogP contribution in [0, 0.1) is 5.92 Å². The average Bonchev–Trinajstić information content (AvgIpc) is 2.41. The molecule has 140 valence electrons. The SMILES string of the molecule is CCNC(=NCC(=O)OC(C)(C)C)N1CCCC(CC(N)=O)C1.I. The van der Waals surface area contributed by atoms with Crippen LogP contribution in [0.1, 0.15) is 47.0 Å². The molecule has 1 fully saturated rings. The van der Waals surface area contributed by atoms with Crippen molar-refractivity contribution >= 4 is 41.8 Å². The van der Waals surface area contributed by atoms with Gasteiger partial charge in [-0.15, -0.1) is 24.0 Å². The van der Waals surface area contributed by atoms with E-state index in [2.05, 4.69) is 15.2 Å². The Labute approximate surface area is 161 Å². The first-order chi connectivity index (χ1) is 10.7. The summed E-state index contributed by atoms with van der Waals surface area (Å²) in [6.45, 7) is 9.75. The van der Waals surface area contributed by atoms with Gasteiger partial charge in [0.1, 0.15) is 12.1 Å². The Bertz CT molecular complexity index is 449. The molecule has 1 aliphatic heterocycles. The second kappa shape index (κ2) is 10.7. The Morgan fingerprint density at radius 3 is 2.58 bits per heavy atom. The molecule has 0 spiro atoms. The zero-order valence-corrected chi connectivity index (χ0v) is 17.5. The number of guanidine groups is 1. The van der Waals surface area contributed by atoms with Gasteiger partial charge in [0.15, 0.2) is 5.96 Å². The lowest BCUT2D eigenvalue weighted by atomic mass is 9.95. The highest BCUT2D eigenvalue weighted by Gasteiger charge is 2.24. The van der Waals surface area contributed by atoms with E-state index in [4.69, 9.17) is 10.5 Å². The summed E-state index contributed by atoms with van der Waals surface area (Å²) in [5, 5.41) is 3.20. The number of esters is 1. The van der Waals surface area contributed by atoms with Crippen LogP contribution in [0.3, 0.4) is 0 Å². The van der Waals surface area contributed by atoms with Crippen molar-refractivity contribution in [3.8, 4) is 0 Å². The van der Waals surface area contributed by atoms with E-state index in [-0.39, 0.29) is 48.3 Å². The Morgan fingerprint density at radius 1 is 1.38 bits per heavy atom. The van der Waals surface area contributed by atoms with Gasteiger partial charge >= 0.3 is 5.97 Å². The standard InChI is InChI=1S/C16H30N4O3.HI/c1-5-18-15(19-10-14(22)23-16(2,3)4)20-8-6-7-12(11-20)9-13(17)21;/h12H,5-11H2,1-4H3,(H2,17,21)(H,18,19);1H. The number of amides is 1. The van der Waals surface area contributed by atoms with Crippen LogP contribution in [0.2, 0.25) is 0 Å². The predicted molar refractivity (Wildman–Crippen MR) is 105 cm³/mol. The molecule has 0 radical (unpaired) electrons. The fourth-order valence-corrected chi connectivity index (χ4v) is 2.65. The van der Waals surface area contributed by atoms with Crippen LogP contribution < -0.4 is 11.1 Å². The summed E-state index contributed by atoms with van der Waals surface area (Å²) < 4.78 is 5.27. The minimum absolute atomic E-state index is 0. The van der Waals surface area contributed by atoms with Gasteiger partial charge in [0.25, 0.3) is 0 Å². The summed E-state index contributed by atoms with van der Waals surface area (Å²) in [6, 6.07) is 0. The van der Waals surface area contributed by atoms with Crippen molar-refractivity contribution in [1.82, 2.24) is 10.2 Å². The molecule has 0 aromatic heterocycles. The van der Waals surface area contributed by atoms with Gasteiger partial charge in [0.05, 0.1) is 0 Å². The van der Waals surface area contributed by atoms with Gasteiger partial charge in [-0.1, -0.05) is 0 Å². The van der Waals surface area contributed by atoms with Crippen LogP contribution in [0.15, 0.2) is 4.99 Å². The smallest absolute Gasteiger partial charge is 0.328 e. The molecule has 1 unspecified atom stereocenters. The summed E-state index contributed by atoms with van der Waals surface area (Å²) in [4.78, 5) is 29.4. The van der Waals surface area contributed by atoms with Crippen LogP contribution >= 0.6 is 24.0 Å². The highest BCUT2D eigenvalue weighted by Crippen LogP contribution is 2.19. The Kier molecular flexibility index (Phi) is 10.3. The summed E-state index contributed by atoms with van der Waals surface area (Å²) in [6.07, 6.45) is 2.36. The number of halogens is 1. The number of nitrogens with one attached hydrogen (secondary N) is 1. The molecule has 1 atom stereocenters. The number of rotatable bonds is 5. The van der Waals surface area contributed by atoms with Gasteiger partial charge in [-0.3, -0.25) is 9.59 Å². The third-order valence-corrected chi connectivity index (χ3v) is 3.42. The van der Waals surface area contributed by atoms with Gasteiger partial charge in [-0.2, -0.15) is 0 Å². The van der Waals surface area contributed by atoms with E-state index in [9.17, 15) is 9.59 Å². The number of likely N-dealkylation sites (tertiary alicyclic amines) is 1.